The monoisotopic (exact) mass is 456 g/mol. The molecule has 0 aliphatic carbocycles. The lowest BCUT2D eigenvalue weighted by Crippen LogP contribution is -2.29. The second-order valence-electron chi connectivity index (χ2n) is 8.67. The lowest BCUT2D eigenvalue weighted by atomic mass is 9.93. The molecule has 6 nitrogen and oxygen atoms in total. The minimum Gasteiger partial charge on any atom is -0.507 e. The van der Waals surface area contributed by atoms with E-state index in [1.54, 1.807) is 31.4 Å². The number of aliphatic hydroxyl groups excluding tert-OH is 1. The van der Waals surface area contributed by atoms with Crippen molar-refractivity contribution in [1.82, 2.24) is 0 Å². The molecule has 1 saturated heterocycles. The summed E-state index contributed by atoms with van der Waals surface area (Å²) in [5.41, 5.74) is 4.58. The summed E-state index contributed by atoms with van der Waals surface area (Å²) in [5, 5.41) is 11.4. The first-order valence-corrected chi connectivity index (χ1v) is 11.0. The van der Waals surface area contributed by atoms with Crippen LogP contribution in [0, 0.1) is 13.8 Å². The van der Waals surface area contributed by atoms with Gasteiger partial charge in [0, 0.05) is 31.0 Å². The first-order chi connectivity index (χ1) is 16.2. The first kappa shape index (κ1) is 23.1. The van der Waals surface area contributed by atoms with Gasteiger partial charge in [0.05, 0.1) is 18.7 Å². The number of hydrogen-bond donors (Lipinski definition) is 1. The van der Waals surface area contributed by atoms with Gasteiger partial charge in [0.25, 0.3) is 11.7 Å². The SMILES string of the molecule is COc1ccc(/C(O)=C2/C(=O)C(=O)N(c3cccc(C)c3)C2c2ccc(N(C)C)cc2)c(C)c1. The van der Waals surface area contributed by atoms with Crippen molar-refractivity contribution in [3.63, 3.8) is 0 Å². The number of aliphatic hydroxyl groups is 1. The van der Waals surface area contributed by atoms with Crippen molar-refractivity contribution in [2.75, 3.05) is 31.0 Å². The van der Waals surface area contributed by atoms with Gasteiger partial charge in [-0.1, -0.05) is 24.3 Å². The smallest absolute Gasteiger partial charge is 0.300 e. The van der Waals surface area contributed by atoms with Gasteiger partial charge in [0.2, 0.25) is 0 Å². The molecule has 0 radical (unpaired) electrons. The molecule has 0 bridgehead atoms. The standard InChI is InChI=1S/C28H28N2O4/c1-17-7-6-8-21(15-17)30-25(19-9-11-20(12-10-19)29(3)4)24(27(32)28(30)33)26(31)23-14-13-22(34-5)16-18(23)2/h6-16,25,31H,1-5H3/b26-24-. The van der Waals surface area contributed by atoms with E-state index in [4.69, 9.17) is 4.74 Å². The van der Waals surface area contributed by atoms with Crippen LogP contribution in [0.3, 0.4) is 0 Å². The highest BCUT2D eigenvalue weighted by molar-refractivity contribution is 6.51. The normalized spacial score (nSPS) is 17.2. The maximum Gasteiger partial charge on any atom is 0.300 e. The van der Waals surface area contributed by atoms with Crippen LogP contribution in [-0.2, 0) is 9.59 Å². The minimum atomic E-state index is -0.764. The molecule has 34 heavy (non-hydrogen) atoms. The van der Waals surface area contributed by atoms with Gasteiger partial charge < -0.3 is 14.7 Å². The number of ketones is 1. The van der Waals surface area contributed by atoms with Crippen molar-refractivity contribution in [2.24, 2.45) is 0 Å². The zero-order valence-corrected chi connectivity index (χ0v) is 20.0. The Bertz CT molecular complexity index is 1290. The summed E-state index contributed by atoms with van der Waals surface area (Å²) < 4.78 is 5.27. The number of carbonyl (C=O) groups is 2. The number of ether oxygens (including phenoxy) is 1. The van der Waals surface area contributed by atoms with E-state index in [0.717, 1.165) is 22.4 Å². The molecule has 0 saturated carbocycles. The van der Waals surface area contributed by atoms with Crippen molar-refractivity contribution in [3.8, 4) is 5.75 Å². The average Bonchev–Trinajstić information content (AvgIpc) is 3.09. The Morgan fingerprint density at radius 2 is 1.68 bits per heavy atom. The Hall–Kier alpha value is -4.06. The summed E-state index contributed by atoms with van der Waals surface area (Å²) in [6, 6.07) is 19.6. The maximum absolute atomic E-state index is 13.3. The molecule has 3 aromatic rings. The van der Waals surface area contributed by atoms with E-state index in [9.17, 15) is 14.7 Å². The molecule has 174 valence electrons. The Labute approximate surface area is 199 Å². The van der Waals surface area contributed by atoms with Crippen molar-refractivity contribution >= 4 is 28.8 Å². The zero-order chi connectivity index (χ0) is 24.6. The summed E-state index contributed by atoms with van der Waals surface area (Å²) in [6.07, 6.45) is 0. The number of anilines is 2. The van der Waals surface area contributed by atoms with E-state index in [-0.39, 0.29) is 11.3 Å². The van der Waals surface area contributed by atoms with E-state index >= 15 is 0 Å². The van der Waals surface area contributed by atoms with Crippen LogP contribution >= 0.6 is 0 Å². The van der Waals surface area contributed by atoms with Gasteiger partial charge >= 0.3 is 0 Å². The van der Waals surface area contributed by atoms with Gasteiger partial charge in [0.1, 0.15) is 11.5 Å². The number of carbonyl (C=O) groups excluding carboxylic acids is 2. The highest BCUT2D eigenvalue weighted by Crippen LogP contribution is 2.43. The van der Waals surface area contributed by atoms with Gasteiger partial charge in [0.15, 0.2) is 0 Å². The van der Waals surface area contributed by atoms with Crippen molar-refractivity contribution < 1.29 is 19.4 Å². The van der Waals surface area contributed by atoms with Crippen LogP contribution in [0.2, 0.25) is 0 Å². The lowest BCUT2D eigenvalue weighted by molar-refractivity contribution is -0.132. The van der Waals surface area contributed by atoms with Crippen LogP contribution in [0.25, 0.3) is 5.76 Å². The van der Waals surface area contributed by atoms with Gasteiger partial charge in [-0.05, 0) is 73.0 Å². The molecular formula is C28H28N2O4. The predicted octanol–water partition coefficient (Wildman–Crippen LogP) is 5.00. The molecule has 1 aliphatic rings. The van der Waals surface area contributed by atoms with Gasteiger partial charge in [-0.3, -0.25) is 14.5 Å². The van der Waals surface area contributed by atoms with Crippen LogP contribution in [0.1, 0.15) is 28.3 Å². The molecule has 1 N–H and O–H groups in total. The summed E-state index contributed by atoms with van der Waals surface area (Å²) in [5.74, 6) is -0.934. The number of hydrogen-bond acceptors (Lipinski definition) is 5. The number of benzene rings is 3. The third-order valence-electron chi connectivity index (χ3n) is 6.14. The quantitative estimate of drug-likeness (QED) is 0.332. The van der Waals surface area contributed by atoms with E-state index in [1.165, 1.54) is 4.90 Å². The van der Waals surface area contributed by atoms with Crippen LogP contribution < -0.4 is 14.5 Å². The predicted molar refractivity (Wildman–Crippen MR) is 134 cm³/mol. The molecule has 6 heteroatoms. The van der Waals surface area contributed by atoms with Crippen LogP contribution in [-0.4, -0.2) is 38.0 Å². The highest BCUT2D eigenvalue weighted by Gasteiger charge is 2.47. The lowest BCUT2D eigenvalue weighted by Gasteiger charge is -2.26. The first-order valence-electron chi connectivity index (χ1n) is 11.0. The summed E-state index contributed by atoms with van der Waals surface area (Å²) in [4.78, 5) is 30.1. The summed E-state index contributed by atoms with van der Waals surface area (Å²) in [7, 11) is 5.46. The van der Waals surface area contributed by atoms with E-state index in [1.807, 2.05) is 75.3 Å². The number of amides is 1. The molecule has 1 amide bonds. The van der Waals surface area contributed by atoms with Crippen LogP contribution in [0.5, 0.6) is 5.75 Å². The number of methoxy groups -OCH3 is 1. The summed E-state index contributed by atoms with van der Waals surface area (Å²) in [6.45, 7) is 3.76. The molecule has 0 spiro atoms. The largest absolute Gasteiger partial charge is 0.507 e. The fourth-order valence-electron chi connectivity index (χ4n) is 4.32. The third kappa shape index (κ3) is 4.03. The van der Waals surface area contributed by atoms with Crippen LogP contribution in [0.4, 0.5) is 11.4 Å². The zero-order valence-electron chi connectivity index (χ0n) is 20.0. The minimum absolute atomic E-state index is 0.0670. The van der Waals surface area contributed by atoms with Crippen molar-refractivity contribution in [2.45, 2.75) is 19.9 Å². The maximum atomic E-state index is 13.3. The molecule has 1 atom stereocenters. The Balaban J connectivity index is 1.94. The number of aryl methyl sites for hydroxylation is 2. The van der Waals surface area contributed by atoms with E-state index in [0.29, 0.717) is 17.0 Å². The average molecular weight is 457 g/mol. The van der Waals surface area contributed by atoms with Crippen molar-refractivity contribution in [3.05, 3.63) is 94.6 Å². The fraction of sp³-hybridized carbons (Fsp3) is 0.214. The van der Waals surface area contributed by atoms with Gasteiger partial charge in [-0.2, -0.15) is 0 Å². The van der Waals surface area contributed by atoms with Crippen LogP contribution in [0.15, 0.2) is 72.3 Å². The molecule has 0 aromatic heterocycles. The second kappa shape index (κ2) is 9.06. The Morgan fingerprint density at radius 3 is 2.26 bits per heavy atom. The molecule has 1 heterocycles. The number of rotatable bonds is 5. The van der Waals surface area contributed by atoms with Gasteiger partial charge in [-0.25, -0.2) is 0 Å². The molecular weight excluding hydrogens is 428 g/mol. The van der Waals surface area contributed by atoms with Gasteiger partial charge in [-0.15, -0.1) is 0 Å². The topological polar surface area (TPSA) is 70.1 Å². The molecule has 3 aromatic carbocycles. The molecule has 4 rings (SSSR count). The molecule has 1 fully saturated rings. The van der Waals surface area contributed by atoms with E-state index < -0.39 is 17.7 Å². The fourth-order valence-corrected chi connectivity index (χ4v) is 4.32. The van der Waals surface area contributed by atoms with Crippen molar-refractivity contribution in [1.29, 1.82) is 0 Å². The molecule has 1 aliphatic heterocycles. The summed E-state index contributed by atoms with van der Waals surface area (Å²) >= 11 is 0. The second-order valence-corrected chi connectivity index (χ2v) is 8.67. The number of Topliss-reactive ketones (excluding diaryl/α,β-unsaturated/α-hetero) is 1. The highest BCUT2D eigenvalue weighted by atomic mass is 16.5. The molecule has 1 unspecified atom stereocenters. The Kier molecular flexibility index (Phi) is 6.16. The Morgan fingerprint density at radius 1 is 0.971 bits per heavy atom. The van der Waals surface area contributed by atoms with E-state index in [2.05, 4.69) is 0 Å². The third-order valence-corrected chi connectivity index (χ3v) is 6.14. The number of nitrogens with zero attached hydrogens (tertiary/aromatic N) is 2.